The molecule has 1 heterocycles. The maximum atomic E-state index is 11.7. The summed E-state index contributed by atoms with van der Waals surface area (Å²) in [6.45, 7) is 0. The van der Waals surface area contributed by atoms with Crippen LogP contribution in [0.4, 0.5) is 13.2 Å². The fourth-order valence-corrected chi connectivity index (χ4v) is 0.517. The first-order valence-corrected chi connectivity index (χ1v) is 2.35. The highest BCUT2D eigenvalue weighted by Crippen LogP contribution is 2.35. The summed E-state index contributed by atoms with van der Waals surface area (Å²) in [6, 6.07) is 0.662. The van der Waals surface area contributed by atoms with E-state index < -0.39 is 17.7 Å². The molecule has 0 bridgehead atoms. The van der Waals surface area contributed by atoms with Gasteiger partial charge in [0.2, 0.25) is 0 Å². The van der Waals surface area contributed by atoms with Crippen molar-refractivity contribution in [3.8, 4) is 5.95 Å². The van der Waals surface area contributed by atoms with Crippen molar-refractivity contribution < 1.29 is 22.7 Å². The van der Waals surface area contributed by atoms with E-state index in [1.807, 2.05) is 0 Å². The van der Waals surface area contributed by atoms with Crippen molar-refractivity contribution in [2.45, 2.75) is 6.18 Å². The molecule has 0 saturated heterocycles. The molecule has 0 spiro atoms. The van der Waals surface area contributed by atoms with Gasteiger partial charge in [-0.15, -0.1) is 0 Å². The van der Waals surface area contributed by atoms with Crippen LogP contribution in [0.5, 0.6) is 5.95 Å². The predicted molar refractivity (Wildman–Crippen MR) is 25.4 cm³/mol. The van der Waals surface area contributed by atoms with Gasteiger partial charge in [-0.2, -0.15) is 13.2 Å². The number of aromatic hydroxyl groups is 1. The van der Waals surface area contributed by atoms with Crippen molar-refractivity contribution in [2.75, 3.05) is 0 Å². The van der Waals surface area contributed by atoms with E-state index in [9.17, 15) is 13.2 Å². The van der Waals surface area contributed by atoms with Gasteiger partial charge in [-0.3, -0.25) is 0 Å². The van der Waals surface area contributed by atoms with Crippen molar-refractivity contribution in [1.82, 2.24) is 0 Å². The standard InChI is InChI=1S/C5H3F3O2/c6-5(7,8)3-1-2-10-4(3)9/h1-2,9H. The van der Waals surface area contributed by atoms with Crippen LogP contribution in [0.2, 0.25) is 0 Å². The van der Waals surface area contributed by atoms with Crippen molar-refractivity contribution in [3.63, 3.8) is 0 Å². The van der Waals surface area contributed by atoms with Crippen LogP contribution in [0.15, 0.2) is 16.7 Å². The second-order valence-corrected chi connectivity index (χ2v) is 1.64. The monoisotopic (exact) mass is 152 g/mol. The molecule has 0 aromatic carbocycles. The Bertz CT molecular complexity index is 225. The molecule has 1 N–H and O–H groups in total. The van der Waals surface area contributed by atoms with Crippen molar-refractivity contribution >= 4 is 0 Å². The van der Waals surface area contributed by atoms with Gasteiger partial charge in [0, 0.05) is 0 Å². The fraction of sp³-hybridized carbons (Fsp3) is 0.200. The lowest BCUT2D eigenvalue weighted by molar-refractivity contribution is -0.139. The molecule has 0 fully saturated rings. The normalized spacial score (nSPS) is 11.9. The number of alkyl halides is 3. The van der Waals surface area contributed by atoms with E-state index in [1.165, 1.54) is 0 Å². The van der Waals surface area contributed by atoms with Crippen LogP contribution < -0.4 is 0 Å². The predicted octanol–water partition coefficient (Wildman–Crippen LogP) is 2.00. The summed E-state index contributed by atoms with van der Waals surface area (Å²) in [5.74, 6) is -1.09. The third kappa shape index (κ3) is 1.07. The number of furan rings is 1. The fourth-order valence-electron chi connectivity index (χ4n) is 0.517. The van der Waals surface area contributed by atoms with E-state index in [2.05, 4.69) is 4.42 Å². The first kappa shape index (κ1) is 6.98. The quantitative estimate of drug-likeness (QED) is 0.616. The zero-order valence-electron chi connectivity index (χ0n) is 4.64. The van der Waals surface area contributed by atoms with Gasteiger partial charge in [0.1, 0.15) is 5.56 Å². The second kappa shape index (κ2) is 1.93. The van der Waals surface area contributed by atoms with E-state index in [-0.39, 0.29) is 0 Å². The highest BCUT2D eigenvalue weighted by atomic mass is 19.4. The smallest absolute Gasteiger partial charge is 0.423 e. The van der Waals surface area contributed by atoms with Crippen LogP contribution in [-0.2, 0) is 6.18 Å². The lowest BCUT2D eigenvalue weighted by Crippen LogP contribution is -2.02. The Labute approximate surface area is 53.9 Å². The minimum Gasteiger partial charge on any atom is -0.480 e. The van der Waals surface area contributed by atoms with Crippen molar-refractivity contribution in [2.24, 2.45) is 0 Å². The average molecular weight is 152 g/mol. The van der Waals surface area contributed by atoms with Crippen LogP contribution >= 0.6 is 0 Å². The lowest BCUT2D eigenvalue weighted by atomic mass is 10.3. The molecule has 1 aromatic heterocycles. The Morgan fingerprint density at radius 2 is 2.00 bits per heavy atom. The Kier molecular flexibility index (Phi) is 1.35. The summed E-state index contributed by atoms with van der Waals surface area (Å²) in [6.07, 6.45) is -3.75. The molecule has 1 rings (SSSR count). The molecule has 1 aromatic rings. The summed E-state index contributed by atoms with van der Waals surface area (Å²) in [5.41, 5.74) is -1.15. The molecule has 10 heavy (non-hydrogen) atoms. The average Bonchev–Trinajstić information content (AvgIpc) is 2.11. The van der Waals surface area contributed by atoms with Crippen LogP contribution in [0.1, 0.15) is 5.56 Å². The summed E-state index contributed by atoms with van der Waals surface area (Å²) in [4.78, 5) is 0. The molecule has 56 valence electrons. The molecule has 0 aliphatic heterocycles. The number of halogens is 3. The third-order valence-corrected chi connectivity index (χ3v) is 0.950. The van der Waals surface area contributed by atoms with Crippen LogP contribution in [0, 0.1) is 0 Å². The van der Waals surface area contributed by atoms with Gasteiger partial charge in [-0.05, 0) is 6.07 Å². The zero-order valence-corrected chi connectivity index (χ0v) is 4.64. The maximum absolute atomic E-state index is 11.7. The summed E-state index contributed by atoms with van der Waals surface area (Å²) < 4.78 is 39.0. The van der Waals surface area contributed by atoms with E-state index in [0.717, 1.165) is 6.26 Å². The van der Waals surface area contributed by atoms with Gasteiger partial charge in [0.25, 0.3) is 5.95 Å². The Balaban J connectivity index is 3.05. The molecule has 0 radical (unpaired) electrons. The van der Waals surface area contributed by atoms with Crippen LogP contribution in [-0.4, -0.2) is 5.11 Å². The largest absolute Gasteiger partial charge is 0.480 e. The van der Waals surface area contributed by atoms with Gasteiger partial charge in [0.05, 0.1) is 6.26 Å². The number of hydrogen-bond donors (Lipinski definition) is 1. The number of rotatable bonds is 0. The molecule has 0 saturated carbocycles. The summed E-state index contributed by atoms with van der Waals surface area (Å²) in [7, 11) is 0. The first-order valence-electron chi connectivity index (χ1n) is 2.35. The highest BCUT2D eigenvalue weighted by molar-refractivity contribution is 5.23. The Morgan fingerprint density at radius 3 is 2.20 bits per heavy atom. The minimum atomic E-state index is -4.53. The van der Waals surface area contributed by atoms with Crippen LogP contribution in [0.25, 0.3) is 0 Å². The van der Waals surface area contributed by atoms with Gasteiger partial charge in [0.15, 0.2) is 0 Å². The zero-order chi connectivity index (χ0) is 7.78. The molecule has 0 unspecified atom stereocenters. The Hall–Kier alpha value is -1.13. The highest BCUT2D eigenvalue weighted by Gasteiger charge is 2.35. The summed E-state index contributed by atoms with van der Waals surface area (Å²) in [5, 5.41) is 8.40. The topological polar surface area (TPSA) is 33.4 Å². The maximum Gasteiger partial charge on any atom is 0.423 e. The molecule has 2 nitrogen and oxygen atoms in total. The molecule has 0 amide bonds. The lowest BCUT2D eigenvalue weighted by Gasteiger charge is -2.00. The summed E-state index contributed by atoms with van der Waals surface area (Å²) >= 11 is 0. The van der Waals surface area contributed by atoms with E-state index in [0.29, 0.717) is 6.07 Å². The molecular formula is C5H3F3O2. The number of hydrogen-bond acceptors (Lipinski definition) is 2. The Morgan fingerprint density at radius 1 is 1.40 bits per heavy atom. The van der Waals surface area contributed by atoms with Crippen molar-refractivity contribution in [1.29, 1.82) is 0 Å². The molecule has 5 heteroatoms. The van der Waals surface area contributed by atoms with E-state index >= 15 is 0 Å². The van der Waals surface area contributed by atoms with Crippen LogP contribution in [0.3, 0.4) is 0 Å². The second-order valence-electron chi connectivity index (χ2n) is 1.64. The van der Waals surface area contributed by atoms with Crippen molar-refractivity contribution in [3.05, 3.63) is 17.9 Å². The third-order valence-electron chi connectivity index (χ3n) is 0.950. The SMILES string of the molecule is Oc1occc1C(F)(F)F. The minimum absolute atomic E-state index is 0.662. The van der Waals surface area contributed by atoms with Gasteiger partial charge < -0.3 is 9.52 Å². The molecule has 0 aliphatic carbocycles. The molecular weight excluding hydrogens is 149 g/mol. The first-order chi connectivity index (χ1) is 4.52. The van der Waals surface area contributed by atoms with Gasteiger partial charge >= 0.3 is 6.18 Å². The molecule has 0 aliphatic rings. The van der Waals surface area contributed by atoms with Gasteiger partial charge in [-0.25, -0.2) is 0 Å². The molecule has 0 atom stereocenters. The van der Waals surface area contributed by atoms with E-state index in [4.69, 9.17) is 5.11 Å². The van der Waals surface area contributed by atoms with Gasteiger partial charge in [-0.1, -0.05) is 0 Å². The van der Waals surface area contributed by atoms with E-state index in [1.54, 1.807) is 0 Å².